The van der Waals surface area contributed by atoms with Gasteiger partial charge in [0.25, 0.3) is 0 Å². The van der Waals surface area contributed by atoms with E-state index in [0.29, 0.717) is 16.5 Å². The maximum absolute atomic E-state index is 13.0. The maximum atomic E-state index is 13.0. The van der Waals surface area contributed by atoms with Crippen molar-refractivity contribution in [1.29, 1.82) is 0 Å². The van der Waals surface area contributed by atoms with Gasteiger partial charge in [-0.1, -0.05) is 11.8 Å². The molecule has 1 heterocycles. The number of halogens is 2. The minimum atomic E-state index is -0.378. The number of hydrogen-bond acceptors (Lipinski definition) is 4. The summed E-state index contributed by atoms with van der Waals surface area (Å²) in [6.45, 7) is 0. The summed E-state index contributed by atoms with van der Waals surface area (Å²) < 4.78 is 27.6. The van der Waals surface area contributed by atoms with E-state index in [1.807, 2.05) is 0 Å². The normalized spacial score (nSPS) is 10.8. The van der Waals surface area contributed by atoms with Gasteiger partial charge < -0.3 is 4.57 Å². The van der Waals surface area contributed by atoms with Gasteiger partial charge >= 0.3 is 0 Å². The second-order valence-corrected chi connectivity index (χ2v) is 6.03. The average molecular weight is 345 g/mol. The second-order valence-electron chi connectivity index (χ2n) is 5.09. The number of aromatic nitrogens is 3. The minimum Gasteiger partial charge on any atom is -0.305 e. The SMILES string of the molecule is Cn1c(SCC(=O)c2ccc(F)cc2)nnc1-c1ccc(F)cc1. The van der Waals surface area contributed by atoms with E-state index in [-0.39, 0.29) is 23.2 Å². The van der Waals surface area contributed by atoms with Gasteiger partial charge in [-0.25, -0.2) is 8.78 Å². The molecule has 0 aliphatic carbocycles. The van der Waals surface area contributed by atoms with Crippen molar-refractivity contribution in [3.8, 4) is 11.4 Å². The number of hydrogen-bond donors (Lipinski definition) is 0. The minimum absolute atomic E-state index is 0.119. The molecule has 0 unspecified atom stereocenters. The lowest BCUT2D eigenvalue weighted by atomic mass is 10.1. The molecular formula is C17H13F2N3OS. The van der Waals surface area contributed by atoms with E-state index >= 15 is 0 Å². The highest BCUT2D eigenvalue weighted by Crippen LogP contribution is 2.23. The van der Waals surface area contributed by atoms with E-state index in [9.17, 15) is 13.6 Å². The topological polar surface area (TPSA) is 47.8 Å². The van der Waals surface area contributed by atoms with Crippen LogP contribution in [0.25, 0.3) is 11.4 Å². The lowest BCUT2D eigenvalue weighted by Gasteiger charge is -2.04. The highest BCUT2D eigenvalue weighted by molar-refractivity contribution is 7.99. The molecule has 0 radical (unpaired) electrons. The van der Waals surface area contributed by atoms with Crippen molar-refractivity contribution < 1.29 is 13.6 Å². The first-order valence-corrected chi connectivity index (χ1v) is 8.10. The summed E-state index contributed by atoms with van der Waals surface area (Å²) in [6.07, 6.45) is 0. The molecule has 0 spiro atoms. The Kier molecular flexibility index (Phi) is 4.71. The number of benzene rings is 2. The smallest absolute Gasteiger partial charge is 0.191 e. The van der Waals surface area contributed by atoms with Crippen molar-refractivity contribution in [2.24, 2.45) is 7.05 Å². The lowest BCUT2D eigenvalue weighted by Crippen LogP contribution is -2.04. The fourth-order valence-corrected chi connectivity index (χ4v) is 2.95. The number of thioether (sulfide) groups is 1. The van der Waals surface area contributed by atoms with Crippen LogP contribution in [0, 0.1) is 11.6 Å². The molecule has 3 rings (SSSR count). The summed E-state index contributed by atoms with van der Waals surface area (Å²) >= 11 is 1.24. The fraction of sp³-hybridized carbons (Fsp3) is 0.118. The first kappa shape index (κ1) is 16.3. The van der Waals surface area contributed by atoms with Crippen molar-refractivity contribution in [1.82, 2.24) is 14.8 Å². The molecular weight excluding hydrogens is 332 g/mol. The molecule has 4 nitrogen and oxygen atoms in total. The number of carbonyl (C=O) groups is 1. The summed E-state index contributed by atoms with van der Waals surface area (Å²) in [5, 5.41) is 8.72. The number of nitrogens with zero attached hydrogens (tertiary/aromatic N) is 3. The zero-order chi connectivity index (χ0) is 17.1. The van der Waals surface area contributed by atoms with Gasteiger partial charge in [-0.15, -0.1) is 10.2 Å². The van der Waals surface area contributed by atoms with Crippen LogP contribution in [0.1, 0.15) is 10.4 Å². The number of Topliss-reactive ketones (excluding diaryl/α,β-unsaturated/α-hetero) is 1. The average Bonchev–Trinajstić information content (AvgIpc) is 2.95. The van der Waals surface area contributed by atoms with Crippen LogP contribution in [0.4, 0.5) is 8.78 Å². The van der Waals surface area contributed by atoms with Crippen LogP contribution in [-0.2, 0) is 7.05 Å². The molecule has 0 atom stereocenters. The molecule has 122 valence electrons. The molecule has 3 aromatic rings. The first-order valence-electron chi connectivity index (χ1n) is 7.11. The Morgan fingerprint density at radius 2 is 1.58 bits per heavy atom. The maximum Gasteiger partial charge on any atom is 0.191 e. The van der Waals surface area contributed by atoms with E-state index in [4.69, 9.17) is 0 Å². The summed E-state index contributed by atoms with van der Waals surface area (Å²) in [5.74, 6) is -0.0592. The number of ketones is 1. The molecule has 0 N–H and O–H groups in total. The zero-order valence-electron chi connectivity index (χ0n) is 12.7. The van der Waals surface area contributed by atoms with Gasteiger partial charge in [0.05, 0.1) is 5.75 Å². The third kappa shape index (κ3) is 3.51. The molecule has 0 amide bonds. The van der Waals surface area contributed by atoms with Gasteiger partial charge in [0.2, 0.25) is 0 Å². The summed E-state index contributed by atoms with van der Waals surface area (Å²) in [7, 11) is 1.78. The Bertz CT molecular complexity index is 861. The Morgan fingerprint density at radius 3 is 2.21 bits per heavy atom. The van der Waals surface area contributed by atoms with Crippen molar-refractivity contribution in [2.75, 3.05) is 5.75 Å². The van der Waals surface area contributed by atoms with Crippen LogP contribution in [0.3, 0.4) is 0 Å². The standard InChI is InChI=1S/C17H13F2N3OS/c1-22-16(12-4-8-14(19)9-5-12)20-21-17(22)24-10-15(23)11-2-6-13(18)7-3-11/h2-9H,10H2,1H3. The van der Waals surface area contributed by atoms with Crippen LogP contribution < -0.4 is 0 Å². The molecule has 0 aliphatic heterocycles. The van der Waals surface area contributed by atoms with Gasteiger partial charge in [0.1, 0.15) is 11.6 Å². The highest BCUT2D eigenvalue weighted by atomic mass is 32.2. The van der Waals surface area contributed by atoms with Gasteiger partial charge in [0.15, 0.2) is 16.8 Å². The predicted octanol–water partition coefficient (Wildman–Crippen LogP) is 3.74. The summed E-state index contributed by atoms with van der Waals surface area (Å²) in [6, 6.07) is 11.4. The van der Waals surface area contributed by atoms with Gasteiger partial charge in [-0.3, -0.25) is 4.79 Å². The number of carbonyl (C=O) groups excluding carboxylic acids is 1. The van der Waals surface area contributed by atoms with Gasteiger partial charge in [0, 0.05) is 18.2 Å². The van der Waals surface area contributed by atoms with Crippen LogP contribution in [0.15, 0.2) is 53.7 Å². The van der Waals surface area contributed by atoms with Crippen LogP contribution in [0.2, 0.25) is 0 Å². The highest BCUT2D eigenvalue weighted by Gasteiger charge is 2.14. The molecule has 0 saturated heterocycles. The number of rotatable bonds is 5. The van der Waals surface area contributed by atoms with Crippen molar-refractivity contribution in [3.63, 3.8) is 0 Å². The Hall–Kier alpha value is -2.54. The van der Waals surface area contributed by atoms with Crippen LogP contribution >= 0.6 is 11.8 Å². The molecule has 0 aliphatic rings. The first-order chi connectivity index (χ1) is 11.5. The second kappa shape index (κ2) is 6.92. The summed E-state index contributed by atoms with van der Waals surface area (Å²) in [4.78, 5) is 12.1. The van der Waals surface area contributed by atoms with E-state index in [0.717, 1.165) is 5.56 Å². The van der Waals surface area contributed by atoms with Crippen molar-refractivity contribution >= 4 is 17.5 Å². The molecule has 24 heavy (non-hydrogen) atoms. The Morgan fingerprint density at radius 1 is 1.00 bits per heavy atom. The molecule has 1 aromatic heterocycles. The molecule has 2 aromatic carbocycles. The van der Waals surface area contributed by atoms with Crippen molar-refractivity contribution in [3.05, 3.63) is 65.7 Å². The van der Waals surface area contributed by atoms with E-state index in [1.54, 1.807) is 23.7 Å². The molecule has 7 heteroatoms. The molecule has 0 bridgehead atoms. The quantitative estimate of drug-likeness (QED) is 0.522. The lowest BCUT2D eigenvalue weighted by molar-refractivity contribution is 0.102. The fourth-order valence-electron chi connectivity index (χ4n) is 2.14. The predicted molar refractivity (Wildman–Crippen MR) is 87.9 cm³/mol. The Labute approximate surface area is 141 Å². The van der Waals surface area contributed by atoms with Gasteiger partial charge in [-0.2, -0.15) is 0 Å². The van der Waals surface area contributed by atoms with Crippen LogP contribution in [0.5, 0.6) is 0 Å². The third-order valence-corrected chi connectivity index (χ3v) is 4.46. The monoisotopic (exact) mass is 345 g/mol. The van der Waals surface area contributed by atoms with Crippen molar-refractivity contribution in [2.45, 2.75) is 5.16 Å². The van der Waals surface area contributed by atoms with E-state index < -0.39 is 0 Å². The molecule has 0 fully saturated rings. The Balaban J connectivity index is 1.71. The summed E-state index contributed by atoms with van der Waals surface area (Å²) in [5.41, 5.74) is 1.19. The van der Waals surface area contributed by atoms with Gasteiger partial charge in [-0.05, 0) is 48.5 Å². The van der Waals surface area contributed by atoms with Crippen LogP contribution in [-0.4, -0.2) is 26.3 Å². The molecule has 0 saturated carbocycles. The van der Waals surface area contributed by atoms with E-state index in [2.05, 4.69) is 10.2 Å². The zero-order valence-corrected chi connectivity index (χ0v) is 13.6. The van der Waals surface area contributed by atoms with E-state index in [1.165, 1.54) is 48.2 Å². The largest absolute Gasteiger partial charge is 0.305 e. The third-order valence-electron chi connectivity index (χ3n) is 3.44.